The van der Waals surface area contributed by atoms with Crippen molar-refractivity contribution in [3.05, 3.63) is 71.6 Å². The van der Waals surface area contributed by atoms with Crippen molar-refractivity contribution in [2.75, 3.05) is 0 Å². The first-order valence-corrected chi connectivity index (χ1v) is 6.07. The van der Waals surface area contributed by atoms with Crippen molar-refractivity contribution in [3.63, 3.8) is 0 Å². The first kappa shape index (κ1) is 12.3. The van der Waals surface area contributed by atoms with Crippen molar-refractivity contribution >= 4 is 11.5 Å². The molecule has 3 rings (SSSR count). The highest BCUT2D eigenvalue weighted by Gasteiger charge is 2.08. The van der Waals surface area contributed by atoms with Gasteiger partial charge in [0.15, 0.2) is 0 Å². The zero-order valence-electron chi connectivity index (χ0n) is 10.5. The second-order valence-electron chi connectivity index (χ2n) is 4.49. The standard InChI is InChI=1S/C15H11FN2O2/c16-12-3-1-10(2-4-12)7-14-17-9-13-8-11(15(19)20)5-6-18(13)14/h1-6,8-9H,7H2,(H,19,20). The lowest BCUT2D eigenvalue weighted by atomic mass is 10.1. The molecule has 0 unspecified atom stereocenters. The summed E-state index contributed by atoms with van der Waals surface area (Å²) in [7, 11) is 0. The van der Waals surface area contributed by atoms with Gasteiger partial charge in [-0.2, -0.15) is 0 Å². The molecule has 1 aromatic carbocycles. The van der Waals surface area contributed by atoms with E-state index >= 15 is 0 Å². The molecule has 0 aliphatic rings. The molecule has 0 aliphatic heterocycles. The molecule has 0 saturated heterocycles. The maximum Gasteiger partial charge on any atom is 0.335 e. The fourth-order valence-corrected chi connectivity index (χ4v) is 2.10. The van der Waals surface area contributed by atoms with E-state index in [1.54, 1.807) is 30.6 Å². The van der Waals surface area contributed by atoms with Crippen LogP contribution in [0.5, 0.6) is 0 Å². The number of fused-ring (bicyclic) bond motifs is 1. The molecule has 0 radical (unpaired) electrons. The van der Waals surface area contributed by atoms with E-state index in [4.69, 9.17) is 5.11 Å². The van der Waals surface area contributed by atoms with Gasteiger partial charge in [-0.25, -0.2) is 14.2 Å². The van der Waals surface area contributed by atoms with Gasteiger partial charge in [0.2, 0.25) is 0 Å². The van der Waals surface area contributed by atoms with Gasteiger partial charge in [-0.1, -0.05) is 12.1 Å². The number of hydrogen-bond acceptors (Lipinski definition) is 2. The summed E-state index contributed by atoms with van der Waals surface area (Å²) in [6, 6.07) is 9.35. The largest absolute Gasteiger partial charge is 0.478 e. The molecule has 3 aromatic rings. The highest BCUT2D eigenvalue weighted by atomic mass is 19.1. The topological polar surface area (TPSA) is 54.6 Å². The summed E-state index contributed by atoms with van der Waals surface area (Å²) in [6.45, 7) is 0. The minimum atomic E-state index is -0.964. The second-order valence-corrected chi connectivity index (χ2v) is 4.49. The van der Waals surface area contributed by atoms with E-state index in [2.05, 4.69) is 4.98 Å². The number of aromatic nitrogens is 2. The van der Waals surface area contributed by atoms with Gasteiger partial charge in [-0.05, 0) is 29.8 Å². The van der Waals surface area contributed by atoms with Gasteiger partial charge >= 0.3 is 5.97 Å². The van der Waals surface area contributed by atoms with E-state index in [-0.39, 0.29) is 11.4 Å². The van der Waals surface area contributed by atoms with Gasteiger partial charge in [0.05, 0.1) is 17.3 Å². The van der Waals surface area contributed by atoms with Gasteiger partial charge in [-0.3, -0.25) is 0 Å². The van der Waals surface area contributed by atoms with Crippen LogP contribution in [0.3, 0.4) is 0 Å². The van der Waals surface area contributed by atoms with Gasteiger partial charge in [0.25, 0.3) is 0 Å². The first-order valence-electron chi connectivity index (χ1n) is 6.07. The highest BCUT2D eigenvalue weighted by molar-refractivity contribution is 5.88. The number of nitrogens with zero attached hydrogens (tertiary/aromatic N) is 2. The number of benzene rings is 1. The average molecular weight is 270 g/mol. The van der Waals surface area contributed by atoms with Crippen LogP contribution in [-0.4, -0.2) is 20.5 Å². The number of carboxylic acids is 1. The summed E-state index contributed by atoms with van der Waals surface area (Å²) < 4.78 is 14.7. The van der Waals surface area contributed by atoms with Crippen LogP contribution in [0.4, 0.5) is 4.39 Å². The molecule has 0 fully saturated rings. The first-order chi connectivity index (χ1) is 9.63. The van der Waals surface area contributed by atoms with Crippen LogP contribution in [0.2, 0.25) is 0 Å². The molecule has 0 atom stereocenters. The molecule has 2 aromatic heterocycles. The normalized spacial score (nSPS) is 10.8. The van der Waals surface area contributed by atoms with Crippen LogP contribution in [-0.2, 0) is 6.42 Å². The van der Waals surface area contributed by atoms with Crippen molar-refractivity contribution in [2.45, 2.75) is 6.42 Å². The van der Waals surface area contributed by atoms with E-state index < -0.39 is 5.97 Å². The summed E-state index contributed by atoms with van der Waals surface area (Å²) in [4.78, 5) is 15.2. The molecular formula is C15H11FN2O2. The number of aromatic carboxylic acids is 1. The molecule has 100 valence electrons. The lowest BCUT2D eigenvalue weighted by Gasteiger charge is -2.03. The maximum absolute atomic E-state index is 12.9. The minimum Gasteiger partial charge on any atom is -0.478 e. The Kier molecular flexibility index (Phi) is 2.95. The fourth-order valence-electron chi connectivity index (χ4n) is 2.10. The summed E-state index contributed by atoms with van der Waals surface area (Å²) in [5.41, 5.74) is 1.90. The maximum atomic E-state index is 12.9. The molecule has 1 N–H and O–H groups in total. The smallest absolute Gasteiger partial charge is 0.335 e. The van der Waals surface area contributed by atoms with Crippen molar-refractivity contribution in [1.29, 1.82) is 0 Å². The van der Waals surface area contributed by atoms with Gasteiger partial charge < -0.3 is 9.51 Å². The Labute approximate surface area is 114 Å². The van der Waals surface area contributed by atoms with Gasteiger partial charge in [-0.15, -0.1) is 0 Å². The zero-order chi connectivity index (χ0) is 14.1. The SMILES string of the molecule is O=C(O)c1ccn2c(Cc3ccc(F)cc3)ncc2c1. The number of hydrogen-bond donors (Lipinski definition) is 1. The van der Waals surface area contributed by atoms with E-state index in [1.165, 1.54) is 18.2 Å². The third-order valence-electron chi connectivity index (χ3n) is 3.13. The number of imidazole rings is 1. The lowest BCUT2D eigenvalue weighted by molar-refractivity contribution is 0.0697. The van der Waals surface area contributed by atoms with Crippen molar-refractivity contribution in [1.82, 2.24) is 9.38 Å². The van der Waals surface area contributed by atoms with Crippen LogP contribution in [0, 0.1) is 5.82 Å². The predicted octanol–water partition coefficient (Wildman–Crippen LogP) is 2.76. The van der Waals surface area contributed by atoms with Crippen LogP contribution in [0.25, 0.3) is 5.52 Å². The number of pyridine rings is 1. The van der Waals surface area contributed by atoms with Gasteiger partial charge in [0.1, 0.15) is 11.6 Å². The Hall–Kier alpha value is -2.69. The number of halogens is 1. The Morgan fingerprint density at radius 1 is 1.25 bits per heavy atom. The number of carbonyl (C=O) groups is 1. The Bertz CT molecular complexity index is 778. The molecule has 0 aliphatic carbocycles. The average Bonchev–Trinajstić information content (AvgIpc) is 2.84. The van der Waals surface area contributed by atoms with Crippen LogP contribution >= 0.6 is 0 Å². The quantitative estimate of drug-likeness (QED) is 0.796. The molecule has 4 nitrogen and oxygen atoms in total. The minimum absolute atomic E-state index is 0.228. The molecule has 0 bridgehead atoms. The monoisotopic (exact) mass is 270 g/mol. The van der Waals surface area contributed by atoms with Crippen LogP contribution < -0.4 is 0 Å². The van der Waals surface area contributed by atoms with Gasteiger partial charge in [0, 0.05) is 12.6 Å². The van der Waals surface area contributed by atoms with Crippen LogP contribution in [0.1, 0.15) is 21.7 Å². The van der Waals surface area contributed by atoms with Crippen molar-refractivity contribution < 1.29 is 14.3 Å². The summed E-state index contributed by atoms with van der Waals surface area (Å²) >= 11 is 0. The lowest BCUT2D eigenvalue weighted by Crippen LogP contribution is -2.00. The number of carboxylic acid groups (broad SMARTS) is 1. The van der Waals surface area contributed by atoms with Crippen LogP contribution in [0.15, 0.2) is 48.8 Å². The fraction of sp³-hybridized carbons (Fsp3) is 0.0667. The molecule has 0 spiro atoms. The van der Waals surface area contributed by atoms with Crippen molar-refractivity contribution in [2.24, 2.45) is 0 Å². The zero-order valence-corrected chi connectivity index (χ0v) is 10.5. The highest BCUT2D eigenvalue weighted by Crippen LogP contribution is 2.14. The third-order valence-corrected chi connectivity index (χ3v) is 3.13. The van der Waals surface area contributed by atoms with E-state index in [9.17, 15) is 9.18 Å². The summed E-state index contributed by atoms with van der Waals surface area (Å²) in [5, 5.41) is 8.95. The third kappa shape index (κ3) is 2.25. The molecular weight excluding hydrogens is 259 g/mol. The van der Waals surface area contributed by atoms with Crippen molar-refractivity contribution in [3.8, 4) is 0 Å². The number of rotatable bonds is 3. The Morgan fingerprint density at radius 3 is 2.70 bits per heavy atom. The Balaban J connectivity index is 1.96. The van der Waals surface area contributed by atoms with E-state index in [0.29, 0.717) is 6.42 Å². The molecule has 20 heavy (non-hydrogen) atoms. The predicted molar refractivity (Wildman–Crippen MR) is 71.4 cm³/mol. The molecule has 0 saturated carbocycles. The molecule has 2 heterocycles. The van der Waals surface area contributed by atoms with E-state index in [1.807, 2.05) is 4.40 Å². The second kappa shape index (κ2) is 4.77. The Morgan fingerprint density at radius 2 is 2.00 bits per heavy atom. The molecule has 5 heteroatoms. The van der Waals surface area contributed by atoms with E-state index in [0.717, 1.165) is 16.9 Å². The molecule has 0 amide bonds. The summed E-state index contributed by atoms with van der Waals surface area (Å²) in [5.74, 6) is -0.454. The summed E-state index contributed by atoms with van der Waals surface area (Å²) in [6.07, 6.45) is 3.87.